The van der Waals surface area contributed by atoms with E-state index in [1.54, 1.807) is 6.92 Å². The number of nitrogens with one attached hydrogen (secondary N) is 1. The lowest BCUT2D eigenvalue weighted by molar-refractivity contribution is -0.129. The molecular weight excluding hydrogens is 166 g/mol. The summed E-state index contributed by atoms with van der Waals surface area (Å²) >= 11 is 0. The highest BCUT2D eigenvalue weighted by molar-refractivity contribution is 5.81. The van der Waals surface area contributed by atoms with E-state index in [1.807, 2.05) is 27.7 Å². The molecule has 0 aliphatic carbocycles. The largest absolute Gasteiger partial charge is 0.388 e. The molecule has 0 bridgehead atoms. The highest BCUT2D eigenvalue weighted by atomic mass is 16.3. The van der Waals surface area contributed by atoms with Gasteiger partial charge in [0.25, 0.3) is 0 Å². The fourth-order valence-corrected chi connectivity index (χ4v) is 0.661. The van der Waals surface area contributed by atoms with Gasteiger partial charge in [-0.2, -0.15) is 0 Å². The molecule has 3 heteroatoms. The van der Waals surface area contributed by atoms with Crippen LogP contribution in [0.2, 0.25) is 0 Å². The Labute approximate surface area is 80.5 Å². The molecule has 0 aliphatic rings. The summed E-state index contributed by atoms with van der Waals surface area (Å²) in [6, 6.07) is 0. The van der Waals surface area contributed by atoms with Crippen molar-refractivity contribution in [2.24, 2.45) is 5.41 Å². The molecule has 0 saturated heterocycles. The third-order valence-corrected chi connectivity index (χ3v) is 2.07. The summed E-state index contributed by atoms with van der Waals surface area (Å²) in [6.07, 6.45) is 0.636. The second-order valence-electron chi connectivity index (χ2n) is 4.78. The van der Waals surface area contributed by atoms with Crippen LogP contribution in [-0.2, 0) is 4.79 Å². The van der Waals surface area contributed by atoms with Crippen LogP contribution in [-0.4, -0.2) is 23.2 Å². The van der Waals surface area contributed by atoms with Gasteiger partial charge < -0.3 is 10.4 Å². The van der Waals surface area contributed by atoms with Gasteiger partial charge >= 0.3 is 0 Å². The van der Waals surface area contributed by atoms with Crippen LogP contribution in [0.4, 0.5) is 0 Å². The second-order valence-corrected chi connectivity index (χ2v) is 4.78. The first-order valence-corrected chi connectivity index (χ1v) is 4.70. The van der Waals surface area contributed by atoms with Gasteiger partial charge in [-0.1, -0.05) is 27.7 Å². The number of hydrogen-bond donors (Lipinski definition) is 2. The highest BCUT2D eigenvalue weighted by Gasteiger charge is 2.24. The van der Waals surface area contributed by atoms with Crippen LogP contribution in [0.5, 0.6) is 0 Å². The molecule has 0 radical (unpaired) electrons. The maximum Gasteiger partial charge on any atom is 0.225 e. The first-order chi connectivity index (χ1) is 5.69. The van der Waals surface area contributed by atoms with Crippen molar-refractivity contribution in [3.63, 3.8) is 0 Å². The molecule has 0 saturated carbocycles. The fourth-order valence-electron chi connectivity index (χ4n) is 0.661. The summed E-state index contributed by atoms with van der Waals surface area (Å²) in [5.41, 5.74) is -1.18. The zero-order chi connectivity index (χ0) is 10.7. The molecule has 0 aliphatic heterocycles. The Morgan fingerprint density at radius 1 is 1.31 bits per heavy atom. The highest BCUT2D eigenvalue weighted by Crippen LogP contribution is 2.13. The maximum absolute atomic E-state index is 11.4. The standard InChI is InChI=1S/C10H21NO2/c1-6-10(5,13)7-11-8(12)9(2,3)4/h13H,6-7H2,1-5H3,(H,11,12). The van der Waals surface area contributed by atoms with Gasteiger partial charge in [0.15, 0.2) is 0 Å². The van der Waals surface area contributed by atoms with Gasteiger partial charge in [-0.15, -0.1) is 0 Å². The lowest BCUT2D eigenvalue weighted by atomic mass is 9.95. The van der Waals surface area contributed by atoms with Crippen molar-refractivity contribution in [1.82, 2.24) is 5.32 Å². The van der Waals surface area contributed by atoms with Crippen molar-refractivity contribution in [2.45, 2.75) is 46.6 Å². The molecule has 1 atom stereocenters. The van der Waals surface area contributed by atoms with Gasteiger partial charge in [0.1, 0.15) is 0 Å². The third-order valence-electron chi connectivity index (χ3n) is 2.07. The third kappa shape index (κ3) is 4.88. The molecule has 2 N–H and O–H groups in total. The molecular formula is C10H21NO2. The van der Waals surface area contributed by atoms with E-state index in [0.717, 1.165) is 0 Å². The van der Waals surface area contributed by atoms with Crippen LogP contribution in [0.3, 0.4) is 0 Å². The number of rotatable bonds is 3. The molecule has 1 unspecified atom stereocenters. The van der Waals surface area contributed by atoms with Gasteiger partial charge in [0.2, 0.25) is 5.91 Å². The Bertz CT molecular complexity index is 180. The van der Waals surface area contributed by atoms with E-state index in [1.165, 1.54) is 0 Å². The van der Waals surface area contributed by atoms with Crippen molar-refractivity contribution < 1.29 is 9.90 Å². The number of aliphatic hydroxyl groups is 1. The van der Waals surface area contributed by atoms with Crippen molar-refractivity contribution in [3.8, 4) is 0 Å². The predicted octanol–water partition coefficient (Wildman–Crippen LogP) is 1.31. The summed E-state index contributed by atoms with van der Waals surface area (Å²) in [6.45, 7) is 9.48. The minimum atomic E-state index is -0.791. The molecule has 0 spiro atoms. The van der Waals surface area contributed by atoms with E-state index < -0.39 is 5.60 Å². The number of carbonyl (C=O) groups excluding carboxylic acids is 1. The molecule has 0 fully saturated rings. The smallest absolute Gasteiger partial charge is 0.225 e. The predicted molar refractivity (Wildman–Crippen MR) is 53.4 cm³/mol. The van der Waals surface area contributed by atoms with E-state index in [2.05, 4.69) is 5.32 Å². The molecule has 3 nitrogen and oxygen atoms in total. The number of carbonyl (C=O) groups is 1. The van der Waals surface area contributed by atoms with Crippen LogP contribution in [0, 0.1) is 5.41 Å². The minimum Gasteiger partial charge on any atom is -0.388 e. The zero-order valence-electron chi connectivity index (χ0n) is 9.27. The Kier molecular flexibility index (Phi) is 3.91. The average Bonchev–Trinajstić information content (AvgIpc) is 1.98. The van der Waals surface area contributed by atoms with Crippen LogP contribution < -0.4 is 5.32 Å². The second kappa shape index (κ2) is 4.09. The van der Waals surface area contributed by atoms with Gasteiger partial charge in [0.05, 0.1) is 5.60 Å². The van der Waals surface area contributed by atoms with Crippen molar-refractivity contribution in [3.05, 3.63) is 0 Å². The first-order valence-electron chi connectivity index (χ1n) is 4.70. The first kappa shape index (κ1) is 12.4. The topological polar surface area (TPSA) is 49.3 Å². The Hall–Kier alpha value is -0.570. The van der Waals surface area contributed by atoms with Crippen LogP contribution >= 0.6 is 0 Å². The van der Waals surface area contributed by atoms with E-state index in [4.69, 9.17) is 0 Å². The van der Waals surface area contributed by atoms with Gasteiger partial charge in [0, 0.05) is 12.0 Å². The van der Waals surface area contributed by atoms with Crippen molar-refractivity contribution in [1.29, 1.82) is 0 Å². The van der Waals surface area contributed by atoms with E-state index in [0.29, 0.717) is 13.0 Å². The quantitative estimate of drug-likeness (QED) is 0.700. The van der Waals surface area contributed by atoms with Crippen molar-refractivity contribution >= 4 is 5.91 Å². The fraction of sp³-hybridized carbons (Fsp3) is 0.900. The van der Waals surface area contributed by atoms with E-state index >= 15 is 0 Å². The Morgan fingerprint density at radius 2 is 1.77 bits per heavy atom. The lowest BCUT2D eigenvalue weighted by Gasteiger charge is -2.24. The lowest BCUT2D eigenvalue weighted by Crippen LogP contribution is -2.44. The molecule has 1 amide bonds. The molecule has 0 aromatic carbocycles. The number of amides is 1. The molecule has 0 heterocycles. The normalized spacial score (nSPS) is 16.5. The monoisotopic (exact) mass is 187 g/mol. The number of hydrogen-bond acceptors (Lipinski definition) is 2. The van der Waals surface area contributed by atoms with Crippen molar-refractivity contribution in [2.75, 3.05) is 6.54 Å². The van der Waals surface area contributed by atoms with Gasteiger partial charge in [-0.25, -0.2) is 0 Å². The van der Waals surface area contributed by atoms with E-state index in [9.17, 15) is 9.90 Å². The van der Waals surface area contributed by atoms with E-state index in [-0.39, 0.29) is 11.3 Å². The summed E-state index contributed by atoms with van der Waals surface area (Å²) in [5.74, 6) is -0.0266. The SMILES string of the molecule is CCC(C)(O)CNC(=O)C(C)(C)C. The van der Waals surface area contributed by atoms with Gasteiger partial charge in [-0.05, 0) is 13.3 Å². The molecule has 0 rings (SSSR count). The zero-order valence-corrected chi connectivity index (χ0v) is 9.27. The summed E-state index contributed by atoms with van der Waals surface area (Å²) < 4.78 is 0. The Balaban J connectivity index is 3.98. The van der Waals surface area contributed by atoms with Crippen LogP contribution in [0.25, 0.3) is 0 Å². The summed E-state index contributed by atoms with van der Waals surface area (Å²) in [5, 5.41) is 12.3. The molecule has 78 valence electrons. The Morgan fingerprint density at radius 3 is 2.08 bits per heavy atom. The van der Waals surface area contributed by atoms with Crippen LogP contribution in [0.1, 0.15) is 41.0 Å². The average molecular weight is 187 g/mol. The summed E-state index contributed by atoms with van der Waals surface area (Å²) in [7, 11) is 0. The van der Waals surface area contributed by atoms with Gasteiger partial charge in [-0.3, -0.25) is 4.79 Å². The summed E-state index contributed by atoms with van der Waals surface area (Å²) in [4.78, 5) is 11.4. The maximum atomic E-state index is 11.4. The minimum absolute atomic E-state index is 0.0266. The van der Waals surface area contributed by atoms with Crippen LogP contribution in [0.15, 0.2) is 0 Å². The molecule has 0 aromatic rings. The molecule has 13 heavy (non-hydrogen) atoms. The molecule has 0 aromatic heterocycles.